The van der Waals surface area contributed by atoms with Gasteiger partial charge in [-0.2, -0.15) is 0 Å². The van der Waals surface area contributed by atoms with Crippen LogP contribution in [0.2, 0.25) is 0 Å². The molecule has 9 nitrogen and oxygen atoms in total. The maximum atomic E-state index is 13.4. The van der Waals surface area contributed by atoms with Crippen LogP contribution in [-0.2, 0) is 16.1 Å². The Kier molecular flexibility index (Phi) is 6.52. The Morgan fingerprint density at radius 1 is 1.11 bits per heavy atom. The van der Waals surface area contributed by atoms with Crippen molar-refractivity contribution in [3.8, 4) is 5.75 Å². The second kappa shape index (κ2) is 9.93. The lowest BCUT2D eigenvalue weighted by molar-refractivity contribution is -0.139. The molecule has 0 radical (unpaired) electrons. The van der Waals surface area contributed by atoms with Gasteiger partial charge >= 0.3 is 0 Å². The summed E-state index contributed by atoms with van der Waals surface area (Å²) in [6, 6.07) is 10.4. The van der Waals surface area contributed by atoms with Crippen LogP contribution in [0.3, 0.4) is 0 Å². The summed E-state index contributed by atoms with van der Waals surface area (Å²) in [5.41, 5.74) is 3.31. The van der Waals surface area contributed by atoms with E-state index < -0.39 is 17.7 Å². The van der Waals surface area contributed by atoms with Gasteiger partial charge in [0, 0.05) is 31.7 Å². The molecule has 190 valence electrons. The molecule has 0 bridgehead atoms. The largest absolute Gasteiger partial charge is 0.505 e. The minimum absolute atomic E-state index is 0.0328. The Bertz CT molecular complexity index is 1500. The number of hydrogen-bond donors (Lipinski definition) is 1. The van der Waals surface area contributed by atoms with Crippen LogP contribution in [0.25, 0.3) is 11.4 Å². The first-order chi connectivity index (χ1) is 17.9. The van der Waals surface area contributed by atoms with Crippen molar-refractivity contribution in [2.75, 3.05) is 13.2 Å². The van der Waals surface area contributed by atoms with Gasteiger partial charge in [0.05, 0.1) is 30.2 Å². The number of aliphatic hydroxyl groups excluding tert-OH is 1. The summed E-state index contributed by atoms with van der Waals surface area (Å²) in [6.07, 6.45) is 7.73. The Hall–Kier alpha value is -4.40. The van der Waals surface area contributed by atoms with Gasteiger partial charge in [-0.05, 0) is 56.5 Å². The molecule has 1 atom stereocenters. The normalized spacial score (nSPS) is 17.2. The Labute approximate surface area is 214 Å². The number of hydrogen-bond acceptors (Lipinski definition) is 6. The summed E-state index contributed by atoms with van der Waals surface area (Å²) in [5.74, 6) is -1.01. The molecule has 4 aromatic rings. The number of aliphatic hydroxyl groups is 1. The van der Waals surface area contributed by atoms with E-state index in [0.717, 1.165) is 5.56 Å². The number of ketones is 1. The Morgan fingerprint density at radius 2 is 1.95 bits per heavy atom. The molecule has 1 unspecified atom stereocenters. The van der Waals surface area contributed by atoms with Crippen molar-refractivity contribution in [3.63, 3.8) is 0 Å². The van der Waals surface area contributed by atoms with E-state index in [0.29, 0.717) is 48.8 Å². The third-order valence-corrected chi connectivity index (χ3v) is 6.71. The second-order valence-electron chi connectivity index (χ2n) is 9.08. The molecule has 1 saturated heterocycles. The molecular weight excluding hydrogens is 470 g/mol. The van der Waals surface area contributed by atoms with Gasteiger partial charge in [-0.1, -0.05) is 18.2 Å². The number of likely N-dealkylation sites (tertiary alicyclic amines) is 1. The number of amides is 1. The smallest absolute Gasteiger partial charge is 0.295 e. The van der Waals surface area contributed by atoms with Gasteiger partial charge in [-0.15, -0.1) is 0 Å². The highest BCUT2D eigenvalue weighted by molar-refractivity contribution is 6.46. The predicted octanol–water partition coefficient (Wildman–Crippen LogP) is 4.06. The number of imidazole rings is 2. The number of pyridine rings is 1. The molecule has 4 heterocycles. The van der Waals surface area contributed by atoms with E-state index in [1.54, 1.807) is 12.5 Å². The van der Waals surface area contributed by atoms with Crippen molar-refractivity contribution in [3.05, 3.63) is 89.4 Å². The van der Waals surface area contributed by atoms with Gasteiger partial charge in [0.15, 0.2) is 5.76 Å². The number of nitrogens with zero attached hydrogens (tertiary/aromatic N) is 5. The van der Waals surface area contributed by atoms with Crippen molar-refractivity contribution in [1.29, 1.82) is 0 Å². The van der Waals surface area contributed by atoms with Gasteiger partial charge in [0.25, 0.3) is 11.7 Å². The third-order valence-electron chi connectivity index (χ3n) is 6.71. The van der Waals surface area contributed by atoms with Gasteiger partial charge < -0.3 is 23.7 Å². The first-order valence-corrected chi connectivity index (χ1v) is 12.3. The Balaban J connectivity index is 1.61. The average Bonchev–Trinajstić information content (AvgIpc) is 3.59. The fourth-order valence-electron chi connectivity index (χ4n) is 4.91. The number of aryl methyl sites for hydroxylation is 3. The van der Waals surface area contributed by atoms with Gasteiger partial charge in [0.1, 0.15) is 17.1 Å². The monoisotopic (exact) mass is 499 g/mol. The fraction of sp³-hybridized carbons (Fsp3) is 0.286. The molecule has 1 aliphatic rings. The van der Waals surface area contributed by atoms with Gasteiger partial charge in [-0.3, -0.25) is 9.59 Å². The lowest BCUT2D eigenvalue weighted by Crippen LogP contribution is -2.31. The highest BCUT2D eigenvalue weighted by Crippen LogP contribution is 2.40. The van der Waals surface area contributed by atoms with Crippen molar-refractivity contribution >= 4 is 23.1 Å². The number of ether oxygens (including phenoxy) is 1. The minimum atomic E-state index is -0.770. The van der Waals surface area contributed by atoms with E-state index in [-0.39, 0.29) is 17.0 Å². The first kappa shape index (κ1) is 24.3. The third kappa shape index (κ3) is 4.37. The quantitative estimate of drug-likeness (QED) is 0.223. The van der Waals surface area contributed by atoms with Crippen LogP contribution in [0.5, 0.6) is 5.75 Å². The van der Waals surface area contributed by atoms with Crippen molar-refractivity contribution in [2.24, 2.45) is 0 Å². The zero-order valence-corrected chi connectivity index (χ0v) is 21.1. The number of fused-ring (bicyclic) bond motifs is 1. The molecule has 1 N–H and O–H groups in total. The number of Topliss-reactive ketones (excluding diaryl/α,β-unsaturated/α-hetero) is 1. The number of rotatable bonds is 8. The van der Waals surface area contributed by atoms with Crippen LogP contribution in [0.1, 0.15) is 41.9 Å². The van der Waals surface area contributed by atoms with E-state index in [4.69, 9.17) is 4.74 Å². The molecule has 0 aliphatic carbocycles. The summed E-state index contributed by atoms with van der Waals surface area (Å²) < 4.78 is 9.48. The van der Waals surface area contributed by atoms with E-state index >= 15 is 0 Å². The maximum Gasteiger partial charge on any atom is 0.295 e. The molecule has 0 spiro atoms. The zero-order valence-electron chi connectivity index (χ0n) is 21.1. The molecule has 0 saturated carbocycles. The SMILES string of the molecule is CCOc1cccc(C2/C(=C(\O)c3nc4c(C)cccn4c3C)C(=O)C(=O)N2CCCn2ccnc2)c1. The van der Waals surface area contributed by atoms with Crippen LogP contribution in [-0.4, -0.2) is 53.8 Å². The number of aromatic nitrogens is 4. The highest BCUT2D eigenvalue weighted by Gasteiger charge is 2.46. The fourth-order valence-corrected chi connectivity index (χ4v) is 4.91. The van der Waals surface area contributed by atoms with E-state index in [9.17, 15) is 14.7 Å². The van der Waals surface area contributed by atoms with Crippen LogP contribution in [0, 0.1) is 13.8 Å². The van der Waals surface area contributed by atoms with Crippen molar-refractivity contribution in [2.45, 2.75) is 39.8 Å². The van der Waals surface area contributed by atoms with Gasteiger partial charge in [-0.25, -0.2) is 9.97 Å². The molecule has 1 fully saturated rings. The molecule has 9 heteroatoms. The molecule has 37 heavy (non-hydrogen) atoms. The standard InChI is InChI=1S/C28H29N5O4/c1-4-37-21-10-5-9-20(16-21)24-22(25(34)23-19(3)32-13-6-8-18(2)27(32)30-23)26(35)28(36)33(24)14-7-12-31-15-11-29-17-31/h5-6,8-11,13,15-17,24,34H,4,7,12,14H2,1-3H3/b25-22+. The maximum absolute atomic E-state index is 13.4. The second-order valence-corrected chi connectivity index (χ2v) is 9.08. The first-order valence-electron chi connectivity index (χ1n) is 12.3. The van der Waals surface area contributed by atoms with Crippen molar-refractivity contribution < 1.29 is 19.4 Å². The summed E-state index contributed by atoms with van der Waals surface area (Å²) in [5, 5.41) is 11.5. The molecule has 1 amide bonds. The van der Waals surface area contributed by atoms with E-state index in [2.05, 4.69) is 9.97 Å². The van der Waals surface area contributed by atoms with Crippen LogP contribution < -0.4 is 4.74 Å². The molecular formula is C28H29N5O4. The van der Waals surface area contributed by atoms with Crippen LogP contribution in [0.4, 0.5) is 0 Å². The average molecular weight is 500 g/mol. The topological polar surface area (TPSA) is 102 Å². The minimum Gasteiger partial charge on any atom is -0.505 e. The number of carbonyl (C=O) groups excluding carboxylic acids is 2. The summed E-state index contributed by atoms with van der Waals surface area (Å²) in [7, 11) is 0. The summed E-state index contributed by atoms with van der Waals surface area (Å²) in [6.45, 7) is 7.10. The Morgan fingerprint density at radius 3 is 2.68 bits per heavy atom. The van der Waals surface area contributed by atoms with Gasteiger partial charge in [0.2, 0.25) is 0 Å². The highest BCUT2D eigenvalue weighted by atomic mass is 16.5. The van der Waals surface area contributed by atoms with Crippen molar-refractivity contribution in [1.82, 2.24) is 23.8 Å². The summed E-state index contributed by atoms with van der Waals surface area (Å²) >= 11 is 0. The summed E-state index contributed by atoms with van der Waals surface area (Å²) in [4.78, 5) is 37.0. The predicted molar refractivity (Wildman–Crippen MR) is 138 cm³/mol. The molecule has 1 aromatic carbocycles. The molecule has 5 rings (SSSR count). The molecule has 3 aromatic heterocycles. The number of benzene rings is 1. The number of carbonyl (C=O) groups is 2. The van der Waals surface area contributed by atoms with E-state index in [1.807, 2.05) is 78.5 Å². The zero-order chi connectivity index (χ0) is 26.1. The lowest BCUT2D eigenvalue weighted by atomic mass is 9.96. The van der Waals surface area contributed by atoms with Crippen LogP contribution >= 0.6 is 0 Å². The lowest BCUT2D eigenvalue weighted by Gasteiger charge is -2.25. The van der Waals surface area contributed by atoms with Crippen LogP contribution in [0.15, 0.2) is 66.9 Å². The molecule has 1 aliphatic heterocycles. The van der Waals surface area contributed by atoms with E-state index in [1.165, 1.54) is 4.90 Å².